The molecule has 0 aliphatic rings. The summed E-state index contributed by atoms with van der Waals surface area (Å²) in [6.45, 7) is 2.69. The Kier molecular flexibility index (Phi) is 8.19. The Morgan fingerprint density at radius 3 is 2.71 bits per heavy atom. The van der Waals surface area contributed by atoms with Crippen molar-refractivity contribution in [3.8, 4) is 0 Å². The van der Waals surface area contributed by atoms with Crippen LogP contribution in [0.1, 0.15) is 18.1 Å². The molecule has 0 amide bonds. The van der Waals surface area contributed by atoms with Crippen LogP contribution in [0, 0.1) is 0 Å². The molecule has 0 aliphatic heterocycles. The predicted molar refractivity (Wildman–Crippen MR) is 82.4 cm³/mol. The largest absolute Gasteiger partial charge is 0.359 e. The van der Waals surface area contributed by atoms with Crippen LogP contribution in [-0.2, 0) is 22.1 Å². The lowest BCUT2D eigenvalue weighted by Crippen LogP contribution is -1.96. The average Bonchev–Trinajstić information content (AvgIpc) is 2.37. The Morgan fingerprint density at radius 2 is 2.06 bits per heavy atom. The molecule has 0 fully saturated rings. The SMILES string of the molecule is CC(/C=C/Cc1ccccc1COPP)OP. The molecule has 0 heterocycles. The van der Waals surface area contributed by atoms with Gasteiger partial charge in [-0.2, -0.15) is 0 Å². The molecule has 0 saturated heterocycles. The highest BCUT2D eigenvalue weighted by molar-refractivity contribution is 8.00. The fourth-order valence-electron chi connectivity index (χ4n) is 1.45. The average molecular weight is 288 g/mol. The summed E-state index contributed by atoms with van der Waals surface area (Å²) in [5, 5.41) is 0. The monoisotopic (exact) mass is 288 g/mol. The summed E-state index contributed by atoms with van der Waals surface area (Å²) < 4.78 is 10.5. The first kappa shape index (κ1) is 15.2. The molecule has 1 aromatic carbocycles. The molecule has 0 bridgehead atoms. The van der Waals surface area contributed by atoms with E-state index in [1.54, 1.807) is 0 Å². The lowest BCUT2D eigenvalue weighted by molar-refractivity contribution is 0.318. The molecule has 0 saturated carbocycles. The van der Waals surface area contributed by atoms with Crippen molar-refractivity contribution in [1.29, 1.82) is 0 Å². The molecule has 1 rings (SSSR count). The molecule has 5 heteroatoms. The van der Waals surface area contributed by atoms with Gasteiger partial charge in [-0.05, 0) is 24.5 Å². The third kappa shape index (κ3) is 6.05. The number of rotatable bonds is 7. The Labute approximate surface area is 110 Å². The molecule has 0 aliphatic carbocycles. The van der Waals surface area contributed by atoms with Gasteiger partial charge in [0.1, 0.15) is 0 Å². The summed E-state index contributed by atoms with van der Waals surface area (Å²) >= 11 is 0. The highest BCUT2D eigenvalue weighted by Gasteiger charge is 2.00. The van der Waals surface area contributed by atoms with Crippen molar-refractivity contribution >= 4 is 26.9 Å². The minimum atomic E-state index is 0.136. The summed E-state index contributed by atoms with van der Waals surface area (Å²) in [6.07, 6.45) is 5.24. The minimum absolute atomic E-state index is 0.136. The third-order valence-electron chi connectivity index (χ3n) is 2.39. The maximum absolute atomic E-state index is 5.45. The van der Waals surface area contributed by atoms with E-state index in [0.29, 0.717) is 15.1 Å². The van der Waals surface area contributed by atoms with E-state index < -0.39 is 0 Å². The summed E-state index contributed by atoms with van der Waals surface area (Å²) in [4.78, 5) is 0. The van der Waals surface area contributed by atoms with Crippen LogP contribution in [0.4, 0.5) is 0 Å². The lowest BCUT2D eigenvalue weighted by Gasteiger charge is -2.07. The number of benzene rings is 1. The summed E-state index contributed by atoms with van der Waals surface area (Å²) in [6, 6.07) is 8.36. The van der Waals surface area contributed by atoms with Crippen LogP contribution < -0.4 is 0 Å². The molecule has 0 spiro atoms. The van der Waals surface area contributed by atoms with E-state index in [2.05, 4.69) is 48.7 Å². The van der Waals surface area contributed by atoms with E-state index in [0.717, 1.165) is 6.42 Å². The molecule has 0 N–H and O–H groups in total. The van der Waals surface area contributed by atoms with E-state index in [1.807, 2.05) is 13.0 Å². The van der Waals surface area contributed by atoms with Gasteiger partial charge in [-0.1, -0.05) is 45.3 Å². The maximum Gasteiger partial charge on any atom is 0.0763 e. The van der Waals surface area contributed by atoms with Gasteiger partial charge in [0.15, 0.2) is 0 Å². The first-order chi connectivity index (χ1) is 8.27. The Balaban J connectivity index is 2.60. The van der Waals surface area contributed by atoms with Crippen LogP contribution in [0.15, 0.2) is 36.4 Å². The fourth-order valence-corrected chi connectivity index (χ4v) is 2.03. The molecule has 4 atom stereocenters. The number of hydrogen-bond acceptors (Lipinski definition) is 2. The number of allylic oxidation sites excluding steroid dienone is 1. The van der Waals surface area contributed by atoms with Crippen molar-refractivity contribution < 1.29 is 9.05 Å². The highest BCUT2D eigenvalue weighted by Crippen LogP contribution is 2.24. The molecule has 94 valence electrons. The minimum Gasteiger partial charge on any atom is -0.359 e. The molecule has 0 radical (unpaired) electrons. The summed E-state index contributed by atoms with van der Waals surface area (Å²) in [5.74, 6) is 0. The van der Waals surface area contributed by atoms with Gasteiger partial charge in [0.05, 0.1) is 12.7 Å². The third-order valence-corrected chi connectivity index (χ3v) is 3.63. The van der Waals surface area contributed by atoms with Gasteiger partial charge in [0, 0.05) is 18.0 Å². The molecule has 1 aromatic rings. The van der Waals surface area contributed by atoms with Gasteiger partial charge in [0.25, 0.3) is 0 Å². The van der Waals surface area contributed by atoms with E-state index >= 15 is 0 Å². The number of hydrogen-bond donors (Lipinski definition) is 0. The second-order valence-corrected chi connectivity index (χ2v) is 5.15. The van der Waals surface area contributed by atoms with Crippen LogP contribution in [0.5, 0.6) is 0 Å². The summed E-state index contributed by atoms with van der Waals surface area (Å²) in [7, 11) is 5.33. The van der Waals surface area contributed by atoms with Gasteiger partial charge < -0.3 is 9.05 Å². The van der Waals surface area contributed by atoms with Crippen LogP contribution in [0.2, 0.25) is 0 Å². The zero-order valence-electron chi connectivity index (χ0n) is 9.93. The summed E-state index contributed by atoms with van der Waals surface area (Å²) in [5.41, 5.74) is 2.56. The van der Waals surface area contributed by atoms with Crippen LogP contribution in [-0.4, -0.2) is 6.10 Å². The standard InChI is InChI=1S/C12H19O2P3/c1-10(14-15)5-4-8-11-6-2-3-7-12(11)9-13-17-16/h2-7,10,17H,8-9,15-16H2,1H3/b5-4+. The van der Waals surface area contributed by atoms with Crippen molar-refractivity contribution in [3.63, 3.8) is 0 Å². The fraction of sp³-hybridized carbons (Fsp3) is 0.333. The predicted octanol–water partition coefficient (Wildman–Crippen LogP) is 3.88. The van der Waals surface area contributed by atoms with Crippen LogP contribution in [0.3, 0.4) is 0 Å². The Morgan fingerprint density at radius 1 is 1.35 bits per heavy atom. The Bertz CT molecular complexity index is 355. The molecule has 2 nitrogen and oxygen atoms in total. The zero-order valence-corrected chi connectivity index (χ0v) is 13.2. The zero-order chi connectivity index (χ0) is 12.5. The van der Waals surface area contributed by atoms with Gasteiger partial charge in [0.2, 0.25) is 0 Å². The highest BCUT2D eigenvalue weighted by atomic mass is 32.0. The molecule has 4 unspecified atom stereocenters. The van der Waals surface area contributed by atoms with Crippen LogP contribution in [0.25, 0.3) is 0 Å². The van der Waals surface area contributed by atoms with Crippen molar-refractivity contribution in [2.45, 2.75) is 26.1 Å². The maximum atomic E-state index is 5.45. The Hall–Kier alpha value is 0.170. The van der Waals surface area contributed by atoms with E-state index in [9.17, 15) is 0 Å². The smallest absolute Gasteiger partial charge is 0.0763 e. The topological polar surface area (TPSA) is 18.5 Å². The van der Waals surface area contributed by atoms with Crippen LogP contribution >= 0.6 is 26.9 Å². The molecule has 0 aromatic heterocycles. The molecule has 17 heavy (non-hydrogen) atoms. The van der Waals surface area contributed by atoms with Gasteiger partial charge >= 0.3 is 0 Å². The lowest BCUT2D eigenvalue weighted by atomic mass is 10.0. The van der Waals surface area contributed by atoms with Gasteiger partial charge in [-0.15, -0.1) is 0 Å². The van der Waals surface area contributed by atoms with Crippen molar-refractivity contribution in [3.05, 3.63) is 47.5 Å². The quantitative estimate of drug-likeness (QED) is 0.560. The normalized spacial score (nSPS) is 13.8. The second-order valence-electron chi connectivity index (χ2n) is 3.65. The van der Waals surface area contributed by atoms with Gasteiger partial charge in [-0.25, -0.2) is 0 Å². The molecular weight excluding hydrogens is 269 g/mol. The first-order valence-electron chi connectivity index (χ1n) is 5.44. The van der Waals surface area contributed by atoms with Crippen molar-refractivity contribution in [2.24, 2.45) is 0 Å². The van der Waals surface area contributed by atoms with E-state index in [-0.39, 0.29) is 6.10 Å². The van der Waals surface area contributed by atoms with E-state index in [4.69, 9.17) is 9.05 Å². The van der Waals surface area contributed by atoms with Gasteiger partial charge in [-0.3, -0.25) is 0 Å². The van der Waals surface area contributed by atoms with Crippen molar-refractivity contribution in [1.82, 2.24) is 0 Å². The second kappa shape index (κ2) is 9.15. The van der Waals surface area contributed by atoms with E-state index in [1.165, 1.54) is 11.1 Å². The molecular formula is C12H19O2P3. The van der Waals surface area contributed by atoms with Crippen molar-refractivity contribution in [2.75, 3.05) is 0 Å². The first-order valence-corrected chi connectivity index (χ1v) is 8.63.